The molecule has 0 atom stereocenters. The van der Waals surface area contributed by atoms with Gasteiger partial charge in [-0.2, -0.15) is 0 Å². The van der Waals surface area contributed by atoms with Crippen LogP contribution < -0.4 is 4.72 Å². The maximum Gasteiger partial charge on any atom is 0.262 e. The number of halogens is 2. The molecule has 0 aromatic heterocycles. The van der Waals surface area contributed by atoms with Crippen molar-refractivity contribution in [1.29, 1.82) is 0 Å². The Kier molecular flexibility index (Phi) is 5.00. The summed E-state index contributed by atoms with van der Waals surface area (Å²) >= 11 is 11.9. The van der Waals surface area contributed by atoms with E-state index in [2.05, 4.69) is 4.72 Å². The largest absolute Gasteiger partial charge is 0.280 e. The molecular formula is C17H19Cl2NO2S. The summed E-state index contributed by atoms with van der Waals surface area (Å²) in [6.45, 7) is 9.53. The van der Waals surface area contributed by atoms with Crippen molar-refractivity contribution in [2.45, 2.75) is 39.5 Å². The molecule has 0 heterocycles. The second-order valence-electron chi connectivity index (χ2n) is 5.72. The number of sulfonamides is 1. The summed E-state index contributed by atoms with van der Waals surface area (Å²) in [4.78, 5) is 0.314. The summed E-state index contributed by atoms with van der Waals surface area (Å²) in [7, 11) is -3.74. The van der Waals surface area contributed by atoms with Crippen LogP contribution in [-0.4, -0.2) is 8.42 Å². The van der Waals surface area contributed by atoms with Crippen LogP contribution in [0, 0.1) is 34.6 Å². The SMILES string of the molecule is Cc1c(C)c(C)c(S(=O)(=O)Nc2cc(Cl)cc(Cl)c2)c(C)c1C. The van der Waals surface area contributed by atoms with E-state index in [9.17, 15) is 8.42 Å². The van der Waals surface area contributed by atoms with E-state index in [4.69, 9.17) is 23.2 Å². The molecule has 0 saturated carbocycles. The highest BCUT2D eigenvalue weighted by atomic mass is 35.5. The van der Waals surface area contributed by atoms with Crippen LogP contribution in [0.1, 0.15) is 27.8 Å². The third-order valence-corrected chi connectivity index (χ3v) is 6.41. The van der Waals surface area contributed by atoms with Crippen LogP contribution >= 0.6 is 23.2 Å². The zero-order chi connectivity index (χ0) is 17.5. The minimum atomic E-state index is -3.74. The van der Waals surface area contributed by atoms with E-state index in [-0.39, 0.29) is 0 Å². The van der Waals surface area contributed by atoms with Crippen LogP contribution in [0.4, 0.5) is 5.69 Å². The van der Waals surface area contributed by atoms with Gasteiger partial charge in [-0.15, -0.1) is 0 Å². The van der Waals surface area contributed by atoms with Crippen LogP contribution in [0.5, 0.6) is 0 Å². The molecule has 23 heavy (non-hydrogen) atoms. The topological polar surface area (TPSA) is 46.2 Å². The first-order valence-corrected chi connectivity index (χ1v) is 9.34. The Hall–Kier alpha value is -1.23. The highest BCUT2D eigenvalue weighted by molar-refractivity contribution is 7.92. The maximum absolute atomic E-state index is 12.9. The Morgan fingerprint density at radius 2 is 1.13 bits per heavy atom. The molecule has 0 aliphatic rings. The zero-order valence-corrected chi connectivity index (χ0v) is 16.0. The number of rotatable bonds is 3. The molecule has 0 unspecified atom stereocenters. The van der Waals surface area contributed by atoms with Gasteiger partial charge >= 0.3 is 0 Å². The van der Waals surface area contributed by atoms with E-state index < -0.39 is 10.0 Å². The van der Waals surface area contributed by atoms with Gasteiger partial charge in [0.1, 0.15) is 0 Å². The van der Waals surface area contributed by atoms with Crippen LogP contribution in [0.15, 0.2) is 23.1 Å². The van der Waals surface area contributed by atoms with Crippen LogP contribution in [-0.2, 0) is 10.0 Å². The Balaban J connectivity index is 2.61. The fourth-order valence-corrected chi connectivity index (χ4v) is 4.86. The summed E-state index contributed by atoms with van der Waals surface area (Å²) in [6.07, 6.45) is 0. The van der Waals surface area contributed by atoms with E-state index in [1.54, 1.807) is 6.07 Å². The molecule has 3 nitrogen and oxygen atoms in total. The molecule has 124 valence electrons. The van der Waals surface area contributed by atoms with E-state index in [1.807, 2.05) is 34.6 Å². The average molecular weight is 372 g/mol. The van der Waals surface area contributed by atoms with Crippen molar-refractivity contribution in [3.63, 3.8) is 0 Å². The molecule has 0 aliphatic heterocycles. The van der Waals surface area contributed by atoms with Gasteiger partial charge in [-0.1, -0.05) is 23.2 Å². The predicted octanol–water partition coefficient (Wildman–Crippen LogP) is 5.34. The first-order valence-electron chi connectivity index (χ1n) is 7.10. The van der Waals surface area contributed by atoms with Gasteiger partial charge in [0.15, 0.2) is 0 Å². The van der Waals surface area contributed by atoms with Crippen molar-refractivity contribution in [1.82, 2.24) is 0 Å². The van der Waals surface area contributed by atoms with E-state index in [0.29, 0.717) is 20.6 Å². The van der Waals surface area contributed by atoms with Crippen LogP contribution in [0.3, 0.4) is 0 Å². The third kappa shape index (κ3) is 3.49. The lowest BCUT2D eigenvalue weighted by atomic mass is 9.95. The van der Waals surface area contributed by atoms with Gasteiger partial charge in [0.25, 0.3) is 10.0 Å². The molecule has 2 aromatic rings. The molecule has 0 spiro atoms. The molecule has 0 saturated heterocycles. The van der Waals surface area contributed by atoms with Gasteiger partial charge in [-0.25, -0.2) is 8.42 Å². The maximum atomic E-state index is 12.9. The normalized spacial score (nSPS) is 11.6. The summed E-state index contributed by atoms with van der Waals surface area (Å²) in [5.74, 6) is 0. The van der Waals surface area contributed by atoms with Gasteiger partial charge in [-0.3, -0.25) is 4.72 Å². The van der Waals surface area contributed by atoms with Gasteiger partial charge in [0.2, 0.25) is 0 Å². The third-order valence-electron chi connectivity index (χ3n) is 4.31. The number of benzene rings is 2. The van der Waals surface area contributed by atoms with Crippen molar-refractivity contribution in [2.24, 2.45) is 0 Å². The van der Waals surface area contributed by atoms with Crippen LogP contribution in [0.2, 0.25) is 10.0 Å². The number of anilines is 1. The van der Waals surface area contributed by atoms with Gasteiger partial charge in [-0.05, 0) is 80.6 Å². The summed E-state index contributed by atoms with van der Waals surface area (Å²) in [5, 5.41) is 0.750. The highest BCUT2D eigenvalue weighted by Gasteiger charge is 2.23. The minimum absolute atomic E-state index is 0.314. The fourth-order valence-electron chi connectivity index (χ4n) is 2.69. The van der Waals surface area contributed by atoms with E-state index in [1.165, 1.54) is 12.1 Å². The number of nitrogens with one attached hydrogen (secondary N) is 1. The summed E-state index contributed by atoms with van der Waals surface area (Å²) < 4.78 is 28.3. The Labute approximate surface area is 147 Å². The second-order valence-corrected chi connectivity index (χ2v) is 8.21. The Morgan fingerprint density at radius 1 is 0.739 bits per heavy atom. The van der Waals surface area contributed by atoms with Gasteiger partial charge in [0, 0.05) is 10.0 Å². The fraction of sp³-hybridized carbons (Fsp3) is 0.294. The molecular weight excluding hydrogens is 353 g/mol. The zero-order valence-electron chi connectivity index (χ0n) is 13.7. The van der Waals surface area contributed by atoms with Gasteiger partial charge in [0.05, 0.1) is 10.6 Å². The minimum Gasteiger partial charge on any atom is -0.280 e. The van der Waals surface area contributed by atoms with Crippen molar-refractivity contribution in [3.05, 3.63) is 56.1 Å². The van der Waals surface area contributed by atoms with Gasteiger partial charge < -0.3 is 0 Å². The van der Waals surface area contributed by atoms with Crippen molar-refractivity contribution in [2.75, 3.05) is 4.72 Å². The Morgan fingerprint density at radius 3 is 1.57 bits per heavy atom. The molecule has 0 aliphatic carbocycles. The molecule has 0 bridgehead atoms. The van der Waals surface area contributed by atoms with E-state index >= 15 is 0 Å². The quantitative estimate of drug-likeness (QED) is 0.791. The molecule has 0 fully saturated rings. The first-order chi connectivity index (χ1) is 10.5. The van der Waals surface area contributed by atoms with Crippen LogP contribution in [0.25, 0.3) is 0 Å². The summed E-state index contributed by atoms with van der Waals surface area (Å²) in [5.41, 5.74) is 4.94. The lowest BCUT2D eigenvalue weighted by Gasteiger charge is -2.19. The van der Waals surface area contributed by atoms with Crippen molar-refractivity contribution in [3.8, 4) is 0 Å². The van der Waals surface area contributed by atoms with Crippen molar-refractivity contribution < 1.29 is 8.42 Å². The first kappa shape index (κ1) is 18.1. The lowest BCUT2D eigenvalue weighted by molar-refractivity contribution is 0.599. The smallest absolute Gasteiger partial charge is 0.262 e. The highest BCUT2D eigenvalue weighted by Crippen LogP contribution is 2.31. The lowest BCUT2D eigenvalue weighted by Crippen LogP contribution is -2.17. The number of hydrogen-bond donors (Lipinski definition) is 1. The monoisotopic (exact) mass is 371 g/mol. The van der Waals surface area contributed by atoms with E-state index in [0.717, 1.165) is 27.8 Å². The molecule has 6 heteroatoms. The number of hydrogen-bond acceptors (Lipinski definition) is 2. The molecule has 2 rings (SSSR count). The van der Waals surface area contributed by atoms with Crippen molar-refractivity contribution >= 4 is 38.9 Å². The molecule has 0 amide bonds. The second kappa shape index (κ2) is 6.34. The molecule has 1 N–H and O–H groups in total. The molecule has 0 radical (unpaired) electrons. The standard InChI is InChI=1S/C17H19Cl2NO2S/c1-9-10(2)12(4)17(13(5)11(9)3)23(21,22)20-16-7-14(18)6-15(19)8-16/h6-8,20H,1-5H3. The predicted molar refractivity (Wildman–Crippen MR) is 97.4 cm³/mol. The summed E-state index contributed by atoms with van der Waals surface area (Å²) in [6, 6.07) is 4.62. The molecule has 2 aromatic carbocycles. The average Bonchev–Trinajstić information content (AvgIpc) is 2.41. The Bertz CT molecular complexity index is 841.